The van der Waals surface area contributed by atoms with Gasteiger partial charge < -0.3 is 5.32 Å². The first-order chi connectivity index (χ1) is 12.6. The summed E-state index contributed by atoms with van der Waals surface area (Å²) in [5.74, 6) is -0.483. The van der Waals surface area contributed by atoms with E-state index in [4.69, 9.17) is 11.6 Å². The molecule has 7 heteroatoms. The quantitative estimate of drug-likeness (QED) is 0.740. The van der Waals surface area contributed by atoms with Gasteiger partial charge in [-0.1, -0.05) is 23.7 Å². The van der Waals surface area contributed by atoms with E-state index in [1.165, 1.54) is 12.1 Å². The number of rotatable bonds is 4. The Bertz CT molecular complexity index is 954. The summed E-state index contributed by atoms with van der Waals surface area (Å²) < 4.78 is 14.8. The molecular formula is C19H16ClFN4O. The number of hydrogen-bond acceptors (Lipinski definition) is 3. The normalized spacial score (nSPS) is 16.2. The van der Waals surface area contributed by atoms with Crippen molar-refractivity contribution in [3.8, 4) is 11.3 Å². The highest BCUT2D eigenvalue weighted by Crippen LogP contribution is 2.23. The molecule has 4 rings (SSSR count). The van der Waals surface area contributed by atoms with Gasteiger partial charge in [0, 0.05) is 17.1 Å². The van der Waals surface area contributed by atoms with Crippen molar-refractivity contribution in [2.24, 2.45) is 0 Å². The number of fused-ring (bicyclic) bond motifs is 1. The zero-order valence-electron chi connectivity index (χ0n) is 13.7. The van der Waals surface area contributed by atoms with E-state index in [9.17, 15) is 9.18 Å². The maximum Gasteiger partial charge on any atom is 0.269 e. The van der Waals surface area contributed by atoms with Crippen LogP contribution in [0.4, 0.5) is 4.39 Å². The molecule has 0 fully saturated rings. The first-order valence-corrected chi connectivity index (χ1v) is 8.59. The number of aromatic nitrogens is 2. The van der Waals surface area contributed by atoms with Gasteiger partial charge in [0.2, 0.25) is 0 Å². The minimum Gasteiger partial charge on any atom is -0.347 e. The van der Waals surface area contributed by atoms with Gasteiger partial charge in [-0.05, 0) is 48.0 Å². The molecule has 1 amide bonds. The molecule has 1 atom stereocenters. The predicted octanol–water partition coefficient (Wildman–Crippen LogP) is 3.37. The fourth-order valence-corrected chi connectivity index (χ4v) is 3.18. The zero-order valence-corrected chi connectivity index (χ0v) is 14.5. The first kappa shape index (κ1) is 16.8. The van der Waals surface area contributed by atoms with Crippen LogP contribution in [0.2, 0.25) is 5.02 Å². The van der Waals surface area contributed by atoms with E-state index < -0.39 is 0 Å². The maximum absolute atomic E-state index is 13.1. The Kier molecular flexibility index (Phi) is 4.44. The number of hydrogen-bond donors (Lipinski definition) is 2. The SMILES string of the molecule is O=C1NC[C@@H](NCc2cccc(Cl)c2)n2nc(-c3ccc(F)cc3)cc21. The van der Waals surface area contributed by atoms with Crippen LogP contribution in [0, 0.1) is 5.82 Å². The average Bonchev–Trinajstić information content (AvgIpc) is 3.08. The minimum absolute atomic E-state index is 0.174. The van der Waals surface area contributed by atoms with Gasteiger partial charge in [-0.2, -0.15) is 5.10 Å². The van der Waals surface area contributed by atoms with Crippen LogP contribution in [0.3, 0.4) is 0 Å². The zero-order chi connectivity index (χ0) is 18.1. The van der Waals surface area contributed by atoms with E-state index in [1.807, 2.05) is 24.3 Å². The van der Waals surface area contributed by atoms with E-state index in [0.29, 0.717) is 29.5 Å². The van der Waals surface area contributed by atoms with Gasteiger partial charge in [-0.15, -0.1) is 0 Å². The topological polar surface area (TPSA) is 59.0 Å². The molecular weight excluding hydrogens is 355 g/mol. The van der Waals surface area contributed by atoms with Crippen LogP contribution in [0.1, 0.15) is 22.2 Å². The van der Waals surface area contributed by atoms with Gasteiger partial charge >= 0.3 is 0 Å². The summed E-state index contributed by atoms with van der Waals surface area (Å²) in [5.41, 5.74) is 2.90. The molecule has 132 valence electrons. The van der Waals surface area contributed by atoms with Gasteiger partial charge in [0.1, 0.15) is 17.7 Å². The van der Waals surface area contributed by atoms with E-state index in [0.717, 1.165) is 11.1 Å². The van der Waals surface area contributed by atoms with E-state index >= 15 is 0 Å². The molecule has 2 N–H and O–H groups in total. The molecule has 1 aliphatic heterocycles. The van der Waals surface area contributed by atoms with Gasteiger partial charge in [-0.25, -0.2) is 9.07 Å². The molecule has 0 saturated heterocycles. The lowest BCUT2D eigenvalue weighted by molar-refractivity contribution is 0.0900. The molecule has 0 unspecified atom stereocenters. The van der Waals surface area contributed by atoms with Crippen LogP contribution in [0.25, 0.3) is 11.3 Å². The molecule has 26 heavy (non-hydrogen) atoms. The van der Waals surface area contributed by atoms with Gasteiger partial charge in [0.15, 0.2) is 0 Å². The monoisotopic (exact) mass is 370 g/mol. The molecule has 0 saturated carbocycles. The standard InChI is InChI=1S/C19H16ClFN4O/c20-14-3-1-2-12(8-14)10-22-18-11-23-19(26)17-9-16(24-25(17)18)13-4-6-15(21)7-5-13/h1-9,18,22H,10-11H2,(H,23,26)/t18-/m0/s1. The third-order valence-corrected chi connectivity index (χ3v) is 4.53. The summed E-state index contributed by atoms with van der Waals surface area (Å²) in [6.45, 7) is 1.02. The lowest BCUT2D eigenvalue weighted by Crippen LogP contribution is -2.45. The number of halogens is 2. The second-order valence-electron chi connectivity index (χ2n) is 6.10. The van der Waals surface area contributed by atoms with Crippen LogP contribution in [0.15, 0.2) is 54.6 Å². The number of amides is 1. The smallest absolute Gasteiger partial charge is 0.269 e. The Morgan fingerprint density at radius 3 is 2.81 bits per heavy atom. The van der Waals surface area contributed by atoms with Crippen molar-refractivity contribution < 1.29 is 9.18 Å². The predicted molar refractivity (Wildman–Crippen MR) is 97.3 cm³/mol. The average molecular weight is 371 g/mol. The van der Waals surface area contributed by atoms with Crippen LogP contribution in [-0.2, 0) is 6.54 Å². The summed E-state index contributed by atoms with van der Waals surface area (Å²) >= 11 is 6.02. The van der Waals surface area contributed by atoms with E-state index in [2.05, 4.69) is 15.7 Å². The Balaban J connectivity index is 1.59. The van der Waals surface area contributed by atoms with Crippen molar-refractivity contribution in [3.63, 3.8) is 0 Å². The number of nitrogens with one attached hydrogen (secondary N) is 2. The maximum atomic E-state index is 13.1. The third kappa shape index (κ3) is 3.34. The molecule has 2 heterocycles. The molecule has 0 spiro atoms. The Labute approximate surface area is 154 Å². The number of benzene rings is 2. The van der Waals surface area contributed by atoms with Crippen molar-refractivity contribution in [2.75, 3.05) is 6.54 Å². The molecule has 0 aliphatic carbocycles. The number of carbonyl (C=O) groups excluding carboxylic acids is 1. The summed E-state index contributed by atoms with van der Waals surface area (Å²) in [5, 5.41) is 11.5. The summed E-state index contributed by atoms with van der Waals surface area (Å²) in [7, 11) is 0. The summed E-state index contributed by atoms with van der Waals surface area (Å²) in [6, 6.07) is 15.4. The Morgan fingerprint density at radius 2 is 2.04 bits per heavy atom. The highest BCUT2D eigenvalue weighted by atomic mass is 35.5. The fourth-order valence-electron chi connectivity index (χ4n) is 2.97. The molecule has 0 bridgehead atoms. The number of nitrogens with zero attached hydrogens (tertiary/aromatic N) is 2. The summed E-state index contributed by atoms with van der Waals surface area (Å²) in [4.78, 5) is 12.2. The van der Waals surface area contributed by atoms with Gasteiger partial charge in [0.25, 0.3) is 5.91 Å². The van der Waals surface area contributed by atoms with Gasteiger partial charge in [0.05, 0.1) is 12.2 Å². The van der Waals surface area contributed by atoms with Crippen molar-refractivity contribution in [1.82, 2.24) is 20.4 Å². The second kappa shape index (κ2) is 6.90. The molecule has 1 aliphatic rings. The van der Waals surface area contributed by atoms with Gasteiger partial charge in [-0.3, -0.25) is 10.1 Å². The highest BCUT2D eigenvalue weighted by molar-refractivity contribution is 6.30. The molecule has 3 aromatic rings. The first-order valence-electron chi connectivity index (χ1n) is 8.22. The van der Waals surface area contributed by atoms with Crippen LogP contribution in [-0.4, -0.2) is 22.2 Å². The van der Waals surface area contributed by atoms with Crippen molar-refractivity contribution in [3.05, 3.63) is 76.7 Å². The molecule has 1 aromatic heterocycles. The van der Waals surface area contributed by atoms with E-state index in [-0.39, 0.29) is 17.9 Å². The fraction of sp³-hybridized carbons (Fsp3) is 0.158. The molecule has 0 radical (unpaired) electrons. The number of carbonyl (C=O) groups is 1. The van der Waals surface area contributed by atoms with Crippen LogP contribution in [0.5, 0.6) is 0 Å². The van der Waals surface area contributed by atoms with E-state index in [1.54, 1.807) is 22.9 Å². The Hall–Kier alpha value is -2.70. The lowest BCUT2D eigenvalue weighted by atomic mass is 10.1. The Morgan fingerprint density at radius 1 is 1.23 bits per heavy atom. The van der Waals surface area contributed by atoms with Crippen LogP contribution >= 0.6 is 11.6 Å². The molecule has 5 nitrogen and oxygen atoms in total. The van der Waals surface area contributed by atoms with Crippen molar-refractivity contribution in [2.45, 2.75) is 12.7 Å². The van der Waals surface area contributed by atoms with Crippen molar-refractivity contribution >= 4 is 17.5 Å². The lowest BCUT2D eigenvalue weighted by Gasteiger charge is -2.25. The third-order valence-electron chi connectivity index (χ3n) is 4.29. The van der Waals surface area contributed by atoms with Crippen LogP contribution < -0.4 is 10.6 Å². The second-order valence-corrected chi connectivity index (χ2v) is 6.54. The highest BCUT2D eigenvalue weighted by Gasteiger charge is 2.27. The van der Waals surface area contributed by atoms with Crippen molar-refractivity contribution in [1.29, 1.82) is 0 Å². The molecule has 2 aromatic carbocycles. The largest absolute Gasteiger partial charge is 0.347 e. The minimum atomic E-state index is -0.309. The summed E-state index contributed by atoms with van der Waals surface area (Å²) in [6.07, 6.45) is -0.184.